The van der Waals surface area contributed by atoms with Crippen molar-refractivity contribution in [3.8, 4) is 0 Å². The second-order valence-electron chi connectivity index (χ2n) is 3.43. The van der Waals surface area contributed by atoms with E-state index in [-0.39, 0.29) is 0 Å². The van der Waals surface area contributed by atoms with E-state index in [1.165, 1.54) is 5.57 Å². The second-order valence-corrected chi connectivity index (χ2v) is 3.43. The third kappa shape index (κ3) is 1.41. The lowest BCUT2D eigenvalue weighted by Gasteiger charge is -2.18. The van der Waals surface area contributed by atoms with Gasteiger partial charge in [-0.15, -0.1) is 0 Å². The molecule has 0 atom stereocenters. The number of hydrogen-bond donors (Lipinski definition) is 0. The van der Waals surface area contributed by atoms with E-state index in [0.717, 1.165) is 6.54 Å². The number of nitrogens with zero attached hydrogens (tertiary/aromatic N) is 1. The van der Waals surface area contributed by atoms with Crippen molar-refractivity contribution in [2.45, 2.75) is 20.8 Å². The molecule has 0 aromatic carbocycles. The van der Waals surface area contributed by atoms with Crippen LogP contribution in [0, 0.1) is 5.41 Å². The summed E-state index contributed by atoms with van der Waals surface area (Å²) in [6.45, 7) is 7.55. The van der Waals surface area contributed by atoms with Crippen LogP contribution in [0.25, 0.3) is 0 Å². The maximum Gasteiger partial charge on any atom is 0.0608 e. The molecule has 50 valence electrons. The molecule has 1 nitrogen and oxygen atoms in total. The van der Waals surface area contributed by atoms with Crippen LogP contribution in [-0.4, -0.2) is 12.8 Å². The lowest BCUT2D eigenvalue weighted by molar-refractivity contribution is 0.499. The van der Waals surface area contributed by atoms with Crippen LogP contribution in [0.15, 0.2) is 16.6 Å². The lowest BCUT2D eigenvalue weighted by atomic mass is 9.87. The molecule has 1 aliphatic rings. The normalized spacial score (nSPS) is 18.3. The van der Waals surface area contributed by atoms with Crippen molar-refractivity contribution in [2.24, 2.45) is 10.4 Å². The Hall–Kier alpha value is -0.590. The number of rotatable bonds is 0. The zero-order chi connectivity index (χ0) is 6.91. The molecule has 1 heteroatoms. The average Bonchev–Trinajstić information content (AvgIpc) is 2.08. The minimum absolute atomic E-state index is 0.316. The Morgan fingerprint density at radius 3 is 2.33 bits per heavy atom. The Labute approximate surface area is 56.5 Å². The number of aliphatic imine (C=N–C) groups is 1. The Morgan fingerprint density at radius 2 is 2.11 bits per heavy atom. The van der Waals surface area contributed by atoms with Crippen molar-refractivity contribution in [1.29, 1.82) is 0 Å². The molecule has 0 amide bonds. The fraction of sp³-hybridized carbons (Fsp3) is 0.625. The zero-order valence-electron chi connectivity index (χ0n) is 6.31. The molecular formula is C8H13N. The van der Waals surface area contributed by atoms with Gasteiger partial charge in [-0.1, -0.05) is 20.8 Å². The quantitative estimate of drug-likeness (QED) is 0.467. The molecule has 1 rings (SSSR count). The smallest absolute Gasteiger partial charge is 0.0608 e. The molecular weight excluding hydrogens is 110 g/mol. The molecule has 0 unspecified atom stereocenters. The highest BCUT2D eigenvalue weighted by molar-refractivity contribution is 5.75. The van der Waals surface area contributed by atoms with Crippen LogP contribution in [0.1, 0.15) is 20.8 Å². The topological polar surface area (TPSA) is 12.4 Å². The van der Waals surface area contributed by atoms with Gasteiger partial charge in [-0.3, -0.25) is 4.99 Å². The van der Waals surface area contributed by atoms with Crippen molar-refractivity contribution in [2.75, 3.05) is 6.54 Å². The van der Waals surface area contributed by atoms with Gasteiger partial charge in [0.1, 0.15) is 0 Å². The summed E-state index contributed by atoms with van der Waals surface area (Å²) >= 11 is 0. The Bertz CT molecular complexity index is 158. The highest BCUT2D eigenvalue weighted by Gasteiger charge is 2.16. The van der Waals surface area contributed by atoms with Crippen LogP contribution in [-0.2, 0) is 0 Å². The molecule has 1 aliphatic heterocycles. The highest BCUT2D eigenvalue weighted by atomic mass is 14.7. The van der Waals surface area contributed by atoms with E-state index >= 15 is 0 Å². The van der Waals surface area contributed by atoms with Gasteiger partial charge in [0.05, 0.1) is 6.54 Å². The molecule has 0 radical (unpaired) electrons. The van der Waals surface area contributed by atoms with Crippen LogP contribution in [0.2, 0.25) is 0 Å². The van der Waals surface area contributed by atoms with Crippen molar-refractivity contribution >= 4 is 6.21 Å². The molecule has 0 aromatic heterocycles. The molecule has 0 aromatic rings. The Kier molecular flexibility index (Phi) is 1.43. The maximum absolute atomic E-state index is 4.11. The van der Waals surface area contributed by atoms with Gasteiger partial charge in [0.15, 0.2) is 0 Å². The van der Waals surface area contributed by atoms with Gasteiger partial charge >= 0.3 is 0 Å². The summed E-state index contributed by atoms with van der Waals surface area (Å²) in [5.41, 5.74) is 1.75. The van der Waals surface area contributed by atoms with Gasteiger partial charge in [-0.25, -0.2) is 0 Å². The molecule has 0 saturated heterocycles. The summed E-state index contributed by atoms with van der Waals surface area (Å²) < 4.78 is 0. The summed E-state index contributed by atoms with van der Waals surface area (Å²) in [6.07, 6.45) is 4.00. The van der Waals surface area contributed by atoms with Crippen LogP contribution in [0.4, 0.5) is 0 Å². The predicted octanol–water partition coefficient (Wildman–Crippen LogP) is 2.04. The van der Waals surface area contributed by atoms with Gasteiger partial charge in [0.25, 0.3) is 0 Å². The standard InChI is InChI=1S/C8H13N/c1-8(2,3)7-4-5-9-6-7/h4-5H,6H2,1-3H3. The van der Waals surface area contributed by atoms with Gasteiger partial charge in [-0.2, -0.15) is 0 Å². The molecule has 0 bridgehead atoms. The van der Waals surface area contributed by atoms with E-state index < -0.39 is 0 Å². The first kappa shape index (κ1) is 6.53. The van der Waals surface area contributed by atoms with Crippen molar-refractivity contribution < 1.29 is 0 Å². The van der Waals surface area contributed by atoms with E-state index in [1.807, 2.05) is 6.21 Å². The minimum atomic E-state index is 0.316. The molecule has 0 aliphatic carbocycles. The van der Waals surface area contributed by atoms with Gasteiger partial charge in [0, 0.05) is 6.21 Å². The predicted molar refractivity (Wildman–Crippen MR) is 40.9 cm³/mol. The molecule has 0 N–H and O–H groups in total. The summed E-state index contributed by atoms with van der Waals surface area (Å²) in [6, 6.07) is 0. The fourth-order valence-electron chi connectivity index (χ4n) is 0.834. The second kappa shape index (κ2) is 1.98. The lowest BCUT2D eigenvalue weighted by Crippen LogP contribution is -2.09. The van der Waals surface area contributed by atoms with Crippen molar-refractivity contribution in [1.82, 2.24) is 0 Å². The van der Waals surface area contributed by atoms with E-state index in [0.29, 0.717) is 5.41 Å². The maximum atomic E-state index is 4.11. The zero-order valence-corrected chi connectivity index (χ0v) is 6.31. The van der Waals surface area contributed by atoms with Crippen molar-refractivity contribution in [3.05, 3.63) is 11.6 Å². The molecule has 0 spiro atoms. The molecule has 9 heavy (non-hydrogen) atoms. The fourth-order valence-corrected chi connectivity index (χ4v) is 0.834. The molecule has 0 fully saturated rings. The van der Waals surface area contributed by atoms with Crippen LogP contribution < -0.4 is 0 Å². The van der Waals surface area contributed by atoms with Crippen LogP contribution >= 0.6 is 0 Å². The summed E-state index contributed by atoms with van der Waals surface area (Å²) in [7, 11) is 0. The van der Waals surface area contributed by atoms with E-state index in [4.69, 9.17) is 0 Å². The highest BCUT2D eigenvalue weighted by Crippen LogP contribution is 2.26. The molecule has 0 saturated carbocycles. The van der Waals surface area contributed by atoms with Gasteiger partial charge in [0.2, 0.25) is 0 Å². The van der Waals surface area contributed by atoms with Gasteiger partial charge < -0.3 is 0 Å². The van der Waals surface area contributed by atoms with Gasteiger partial charge in [-0.05, 0) is 17.1 Å². The first-order valence-electron chi connectivity index (χ1n) is 3.30. The first-order chi connectivity index (χ1) is 4.11. The van der Waals surface area contributed by atoms with E-state index in [2.05, 4.69) is 31.8 Å². The monoisotopic (exact) mass is 123 g/mol. The average molecular weight is 123 g/mol. The third-order valence-corrected chi connectivity index (χ3v) is 1.61. The van der Waals surface area contributed by atoms with E-state index in [1.54, 1.807) is 0 Å². The Morgan fingerprint density at radius 1 is 1.44 bits per heavy atom. The number of allylic oxidation sites excluding steroid dienone is 1. The Balaban J connectivity index is 2.66. The summed E-state index contributed by atoms with van der Waals surface area (Å²) in [4.78, 5) is 4.11. The summed E-state index contributed by atoms with van der Waals surface area (Å²) in [5, 5.41) is 0. The minimum Gasteiger partial charge on any atom is -0.289 e. The third-order valence-electron chi connectivity index (χ3n) is 1.61. The van der Waals surface area contributed by atoms with Crippen LogP contribution in [0.3, 0.4) is 0 Å². The van der Waals surface area contributed by atoms with Crippen molar-refractivity contribution in [3.63, 3.8) is 0 Å². The largest absolute Gasteiger partial charge is 0.289 e. The van der Waals surface area contributed by atoms with E-state index in [9.17, 15) is 0 Å². The SMILES string of the molecule is CC(C)(C)C1=CC=NC1. The van der Waals surface area contributed by atoms with Crippen LogP contribution in [0.5, 0.6) is 0 Å². The number of hydrogen-bond acceptors (Lipinski definition) is 1. The summed E-state index contributed by atoms with van der Waals surface area (Å²) in [5.74, 6) is 0. The first-order valence-corrected chi connectivity index (χ1v) is 3.30. The molecule has 1 heterocycles.